The number of carbonyl (C=O) groups excluding carboxylic acids is 1. The molecular formula is C21H45ClN2O. The lowest BCUT2D eigenvalue weighted by atomic mass is 10.0. The van der Waals surface area contributed by atoms with Gasteiger partial charge >= 0.3 is 0 Å². The number of carbonyl (C=O) groups is 1. The summed E-state index contributed by atoms with van der Waals surface area (Å²) in [6.07, 6.45) is 21.6. The van der Waals surface area contributed by atoms with Crippen LogP contribution in [0.25, 0.3) is 0 Å². The van der Waals surface area contributed by atoms with Crippen molar-refractivity contribution in [2.24, 2.45) is 5.73 Å². The molecule has 0 rings (SSSR count). The van der Waals surface area contributed by atoms with Crippen LogP contribution in [0.4, 0.5) is 0 Å². The highest BCUT2D eigenvalue weighted by Crippen LogP contribution is 2.13. The van der Waals surface area contributed by atoms with Crippen LogP contribution in [0.1, 0.15) is 123 Å². The first-order chi connectivity index (χ1) is 11.7. The second-order valence-corrected chi connectivity index (χ2v) is 7.28. The lowest BCUT2D eigenvalue weighted by Crippen LogP contribution is -2.40. The first-order valence-electron chi connectivity index (χ1n) is 10.8. The average molecular weight is 377 g/mol. The topological polar surface area (TPSA) is 55.1 Å². The Hall–Kier alpha value is -0.280. The van der Waals surface area contributed by atoms with E-state index in [1.807, 2.05) is 6.92 Å². The summed E-state index contributed by atoms with van der Waals surface area (Å²) in [6, 6.07) is 0. The number of hydrogen-bond acceptors (Lipinski definition) is 2. The van der Waals surface area contributed by atoms with Crippen LogP contribution in [0, 0.1) is 0 Å². The Morgan fingerprint density at radius 1 is 0.720 bits per heavy atom. The molecule has 0 saturated heterocycles. The first kappa shape index (κ1) is 26.9. The molecule has 0 aromatic heterocycles. The molecule has 1 unspecified atom stereocenters. The summed E-state index contributed by atoms with van der Waals surface area (Å²) in [5.74, 6) is 0.110. The van der Waals surface area contributed by atoms with Crippen LogP contribution in [0.3, 0.4) is 0 Å². The van der Waals surface area contributed by atoms with Crippen molar-refractivity contribution < 1.29 is 4.79 Å². The van der Waals surface area contributed by atoms with E-state index in [4.69, 9.17) is 5.73 Å². The highest BCUT2D eigenvalue weighted by molar-refractivity contribution is 5.85. The highest BCUT2D eigenvalue weighted by atomic mass is 35.5. The number of unbranched alkanes of at least 4 members (excludes halogenated alkanes) is 14. The van der Waals surface area contributed by atoms with Gasteiger partial charge in [-0.1, -0.05) is 104 Å². The van der Waals surface area contributed by atoms with E-state index in [2.05, 4.69) is 12.2 Å². The van der Waals surface area contributed by atoms with E-state index in [1.165, 1.54) is 89.9 Å². The van der Waals surface area contributed by atoms with Gasteiger partial charge in [0.1, 0.15) is 0 Å². The molecule has 0 saturated carbocycles. The molecule has 0 aliphatic heterocycles. The Morgan fingerprint density at radius 3 is 1.44 bits per heavy atom. The quantitative estimate of drug-likeness (QED) is 0.212. The van der Waals surface area contributed by atoms with E-state index in [1.54, 1.807) is 0 Å². The largest absolute Gasteiger partial charge is 0.341 e. The standard InChI is InChI=1S/C21H44N2O.ClH/c1-3-5-6-7-8-9-10-11-12-13-14-15-16-17-18-19-21(24)23-20(22)4-2;/h20H,3-19,22H2,1-2H3,(H,23,24);1H. The summed E-state index contributed by atoms with van der Waals surface area (Å²) in [5, 5.41) is 2.82. The number of hydrogen-bond donors (Lipinski definition) is 2. The molecule has 0 aromatic rings. The molecule has 0 spiro atoms. The smallest absolute Gasteiger partial charge is 0.221 e. The molecule has 152 valence electrons. The molecule has 1 atom stereocenters. The van der Waals surface area contributed by atoms with E-state index in [0.717, 1.165) is 12.8 Å². The Kier molecular flexibility index (Phi) is 23.5. The normalized spacial score (nSPS) is 11.8. The van der Waals surface area contributed by atoms with Gasteiger partial charge in [-0.2, -0.15) is 0 Å². The maximum atomic E-state index is 11.6. The second-order valence-electron chi connectivity index (χ2n) is 7.28. The molecule has 0 bridgehead atoms. The third-order valence-corrected chi connectivity index (χ3v) is 4.79. The lowest BCUT2D eigenvalue weighted by molar-refractivity contribution is -0.121. The summed E-state index contributed by atoms with van der Waals surface area (Å²) in [5.41, 5.74) is 5.70. The van der Waals surface area contributed by atoms with Crippen molar-refractivity contribution in [2.75, 3.05) is 0 Å². The summed E-state index contributed by atoms with van der Waals surface area (Å²) in [7, 11) is 0. The Bertz CT molecular complexity index is 275. The van der Waals surface area contributed by atoms with Crippen LogP contribution in [0.5, 0.6) is 0 Å². The minimum Gasteiger partial charge on any atom is -0.341 e. The molecule has 0 aliphatic carbocycles. The van der Waals surface area contributed by atoms with Crippen molar-refractivity contribution in [3.63, 3.8) is 0 Å². The maximum absolute atomic E-state index is 11.6. The van der Waals surface area contributed by atoms with Crippen LogP contribution in [0.2, 0.25) is 0 Å². The molecule has 3 nitrogen and oxygen atoms in total. The van der Waals surface area contributed by atoms with Gasteiger partial charge in [0.2, 0.25) is 5.91 Å². The summed E-state index contributed by atoms with van der Waals surface area (Å²) >= 11 is 0. The third kappa shape index (κ3) is 21.7. The van der Waals surface area contributed by atoms with E-state index >= 15 is 0 Å². The van der Waals surface area contributed by atoms with Crippen LogP contribution in [-0.4, -0.2) is 12.1 Å². The molecule has 0 radical (unpaired) electrons. The maximum Gasteiger partial charge on any atom is 0.221 e. The second kappa shape index (κ2) is 21.8. The van der Waals surface area contributed by atoms with Gasteiger partial charge in [-0.15, -0.1) is 12.4 Å². The first-order valence-corrected chi connectivity index (χ1v) is 10.8. The van der Waals surface area contributed by atoms with Crippen LogP contribution >= 0.6 is 12.4 Å². The van der Waals surface area contributed by atoms with Gasteiger partial charge in [0, 0.05) is 6.42 Å². The zero-order chi connectivity index (χ0) is 17.9. The molecule has 0 fully saturated rings. The van der Waals surface area contributed by atoms with Crippen LogP contribution < -0.4 is 11.1 Å². The zero-order valence-electron chi connectivity index (χ0n) is 17.0. The minimum atomic E-state index is -0.172. The predicted octanol–water partition coefficient (Wildman–Crippen LogP) is 6.48. The van der Waals surface area contributed by atoms with Gasteiger partial charge in [-0.05, 0) is 12.8 Å². The van der Waals surface area contributed by atoms with Gasteiger partial charge in [-0.25, -0.2) is 0 Å². The summed E-state index contributed by atoms with van der Waals surface area (Å²) in [6.45, 7) is 4.26. The summed E-state index contributed by atoms with van der Waals surface area (Å²) < 4.78 is 0. The number of rotatable bonds is 18. The van der Waals surface area contributed by atoms with E-state index in [0.29, 0.717) is 6.42 Å². The Balaban J connectivity index is 0. The molecule has 4 heteroatoms. The Labute approximate surface area is 163 Å². The fourth-order valence-electron chi connectivity index (χ4n) is 3.04. The van der Waals surface area contributed by atoms with Gasteiger partial charge in [0.05, 0.1) is 6.17 Å². The van der Waals surface area contributed by atoms with Gasteiger partial charge in [-0.3, -0.25) is 4.79 Å². The SMILES string of the molecule is CCCCCCCCCCCCCCCCCC(=O)NC(N)CC.Cl. The van der Waals surface area contributed by atoms with E-state index in [-0.39, 0.29) is 24.5 Å². The van der Waals surface area contributed by atoms with Crippen molar-refractivity contribution in [1.82, 2.24) is 5.32 Å². The minimum absolute atomic E-state index is 0. The van der Waals surface area contributed by atoms with Gasteiger partial charge < -0.3 is 11.1 Å². The molecular weight excluding hydrogens is 332 g/mol. The molecule has 1 amide bonds. The molecule has 25 heavy (non-hydrogen) atoms. The van der Waals surface area contributed by atoms with E-state index in [9.17, 15) is 4.79 Å². The number of halogens is 1. The van der Waals surface area contributed by atoms with Crippen LogP contribution in [-0.2, 0) is 4.79 Å². The fraction of sp³-hybridized carbons (Fsp3) is 0.952. The lowest BCUT2D eigenvalue weighted by Gasteiger charge is -2.10. The number of nitrogens with one attached hydrogen (secondary N) is 1. The van der Waals surface area contributed by atoms with Crippen molar-refractivity contribution in [2.45, 2.75) is 129 Å². The highest BCUT2D eigenvalue weighted by Gasteiger charge is 2.04. The Morgan fingerprint density at radius 2 is 1.08 bits per heavy atom. The third-order valence-electron chi connectivity index (χ3n) is 4.79. The molecule has 0 aliphatic rings. The van der Waals surface area contributed by atoms with Crippen molar-refractivity contribution in [1.29, 1.82) is 0 Å². The number of nitrogens with two attached hydrogens (primary N) is 1. The van der Waals surface area contributed by atoms with Crippen molar-refractivity contribution in [3.8, 4) is 0 Å². The monoisotopic (exact) mass is 376 g/mol. The molecule has 3 N–H and O–H groups in total. The fourth-order valence-corrected chi connectivity index (χ4v) is 3.04. The van der Waals surface area contributed by atoms with Gasteiger partial charge in [0.15, 0.2) is 0 Å². The van der Waals surface area contributed by atoms with Crippen molar-refractivity contribution in [3.05, 3.63) is 0 Å². The summed E-state index contributed by atoms with van der Waals surface area (Å²) in [4.78, 5) is 11.6. The predicted molar refractivity (Wildman–Crippen MR) is 113 cm³/mol. The van der Waals surface area contributed by atoms with Gasteiger partial charge in [0.25, 0.3) is 0 Å². The van der Waals surface area contributed by atoms with E-state index < -0.39 is 0 Å². The van der Waals surface area contributed by atoms with Crippen molar-refractivity contribution >= 4 is 18.3 Å². The zero-order valence-corrected chi connectivity index (χ0v) is 17.8. The molecule has 0 aromatic carbocycles. The number of amides is 1. The molecule has 0 heterocycles. The average Bonchev–Trinajstić information content (AvgIpc) is 2.58. The van der Waals surface area contributed by atoms with Crippen LogP contribution in [0.15, 0.2) is 0 Å².